The molecule has 3 heterocycles. The molecule has 1 N–H and O–H groups in total. The van der Waals surface area contributed by atoms with Crippen LogP contribution in [-0.4, -0.2) is 53.6 Å². The Morgan fingerprint density at radius 1 is 1.07 bits per heavy atom. The van der Waals surface area contributed by atoms with Crippen LogP contribution in [0.1, 0.15) is 17.4 Å². The topological polar surface area (TPSA) is 89.4 Å². The van der Waals surface area contributed by atoms with E-state index in [4.69, 9.17) is 4.74 Å². The first kappa shape index (κ1) is 19.6. The van der Waals surface area contributed by atoms with E-state index in [9.17, 15) is 8.42 Å². The fourth-order valence-electron chi connectivity index (χ4n) is 3.30. The second kappa shape index (κ2) is 8.32. The molecule has 1 aromatic carbocycles. The summed E-state index contributed by atoms with van der Waals surface area (Å²) in [5, 5.41) is 3.37. The van der Waals surface area contributed by atoms with Gasteiger partial charge in [0.25, 0.3) is 0 Å². The molecule has 0 radical (unpaired) electrons. The van der Waals surface area contributed by atoms with E-state index < -0.39 is 10.0 Å². The van der Waals surface area contributed by atoms with Gasteiger partial charge in [-0.1, -0.05) is 30.3 Å². The zero-order chi connectivity index (χ0) is 20.3. The zero-order valence-corrected chi connectivity index (χ0v) is 16.9. The van der Waals surface area contributed by atoms with Gasteiger partial charge in [-0.2, -0.15) is 4.31 Å². The Bertz CT molecular complexity index is 1050. The predicted octanol–water partition coefficient (Wildman–Crippen LogP) is 2.04. The Labute approximate surface area is 170 Å². The average molecular weight is 414 g/mol. The van der Waals surface area contributed by atoms with E-state index in [2.05, 4.69) is 15.3 Å². The molecule has 152 valence electrons. The number of pyridine rings is 1. The average Bonchev–Trinajstić information content (AvgIpc) is 3.19. The Balaban J connectivity index is 1.58. The molecule has 4 rings (SSSR count). The van der Waals surface area contributed by atoms with Crippen molar-refractivity contribution in [3.05, 3.63) is 72.4 Å². The van der Waals surface area contributed by atoms with Gasteiger partial charge in [0.1, 0.15) is 22.6 Å². The summed E-state index contributed by atoms with van der Waals surface area (Å²) < 4.78 is 34.2. The van der Waals surface area contributed by atoms with Gasteiger partial charge >= 0.3 is 0 Å². The van der Waals surface area contributed by atoms with Gasteiger partial charge in [-0.25, -0.2) is 18.4 Å². The molecule has 1 aliphatic rings. The van der Waals surface area contributed by atoms with Crippen molar-refractivity contribution >= 4 is 15.8 Å². The van der Waals surface area contributed by atoms with Crippen molar-refractivity contribution in [3.63, 3.8) is 0 Å². The molecule has 0 spiro atoms. The van der Waals surface area contributed by atoms with Gasteiger partial charge in [0, 0.05) is 38.7 Å². The maximum absolute atomic E-state index is 12.8. The smallest absolute Gasteiger partial charge is 0.244 e. The van der Waals surface area contributed by atoms with E-state index in [0.717, 1.165) is 11.4 Å². The number of sulfonamides is 1. The number of anilines is 1. The molecular formula is C20H23N5O3S. The summed E-state index contributed by atoms with van der Waals surface area (Å²) in [4.78, 5) is 9.00. The van der Waals surface area contributed by atoms with Gasteiger partial charge in [-0.15, -0.1) is 0 Å². The van der Waals surface area contributed by atoms with Crippen molar-refractivity contribution < 1.29 is 13.2 Å². The highest BCUT2D eigenvalue weighted by Crippen LogP contribution is 2.25. The van der Waals surface area contributed by atoms with Gasteiger partial charge in [-0.3, -0.25) is 0 Å². The van der Waals surface area contributed by atoms with E-state index in [1.807, 2.05) is 48.1 Å². The molecule has 9 heteroatoms. The number of hydrogen-bond donors (Lipinski definition) is 1. The number of imidazole rings is 1. The third-order valence-corrected chi connectivity index (χ3v) is 6.77. The second-order valence-corrected chi connectivity index (χ2v) is 8.72. The largest absolute Gasteiger partial charge is 0.379 e. The van der Waals surface area contributed by atoms with Crippen molar-refractivity contribution in [2.45, 2.75) is 10.9 Å². The van der Waals surface area contributed by atoms with E-state index in [0.29, 0.717) is 32.1 Å². The molecule has 29 heavy (non-hydrogen) atoms. The molecule has 2 aromatic heterocycles. The number of hydrogen-bond acceptors (Lipinski definition) is 6. The second-order valence-electron chi connectivity index (χ2n) is 6.78. The van der Waals surface area contributed by atoms with Crippen LogP contribution >= 0.6 is 0 Å². The summed E-state index contributed by atoms with van der Waals surface area (Å²) in [7, 11) is -1.63. The number of morpholine rings is 1. The van der Waals surface area contributed by atoms with E-state index in [1.165, 1.54) is 10.5 Å². The minimum absolute atomic E-state index is 0.179. The lowest BCUT2D eigenvalue weighted by molar-refractivity contribution is 0.0730. The molecule has 1 atom stereocenters. The highest BCUT2D eigenvalue weighted by Gasteiger charge is 2.27. The Kier molecular flexibility index (Phi) is 5.61. The molecule has 8 nitrogen and oxygen atoms in total. The Morgan fingerprint density at radius 2 is 1.83 bits per heavy atom. The SMILES string of the molecule is Cn1ccnc1C(Nc1ccc(S(=O)(=O)N2CCOCC2)cn1)c1ccccc1. The van der Waals surface area contributed by atoms with Crippen LogP contribution in [-0.2, 0) is 21.8 Å². The number of ether oxygens (including phenoxy) is 1. The van der Waals surface area contributed by atoms with Gasteiger partial charge in [0.15, 0.2) is 0 Å². The zero-order valence-electron chi connectivity index (χ0n) is 16.1. The van der Waals surface area contributed by atoms with Crippen LogP contribution in [0.5, 0.6) is 0 Å². The maximum Gasteiger partial charge on any atom is 0.244 e. The van der Waals surface area contributed by atoms with Crippen molar-refractivity contribution in [3.8, 4) is 0 Å². The fraction of sp³-hybridized carbons (Fsp3) is 0.300. The van der Waals surface area contributed by atoms with Crippen molar-refractivity contribution in [1.82, 2.24) is 18.8 Å². The third-order valence-electron chi connectivity index (χ3n) is 4.89. The standard InChI is InChI=1S/C20H23N5O3S/c1-24-10-9-21-20(24)19(16-5-3-2-4-6-16)23-18-8-7-17(15-22-18)29(26,27)25-11-13-28-14-12-25/h2-10,15,19H,11-14H2,1H3,(H,22,23). The third kappa shape index (κ3) is 4.16. The van der Waals surface area contributed by atoms with Crippen molar-refractivity contribution in [1.29, 1.82) is 0 Å². The fourth-order valence-corrected chi connectivity index (χ4v) is 4.65. The number of nitrogens with one attached hydrogen (secondary N) is 1. The van der Waals surface area contributed by atoms with Crippen LogP contribution in [0.25, 0.3) is 0 Å². The lowest BCUT2D eigenvalue weighted by atomic mass is 10.1. The molecule has 3 aromatic rings. The molecule has 1 fully saturated rings. The molecular weight excluding hydrogens is 390 g/mol. The molecule has 0 amide bonds. The summed E-state index contributed by atoms with van der Waals surface area (Å²) in [6.45, 7) is 1.54. The lowest BCUT2D eigenvalue weighted by Crippen LogP contribution is -2.40. The van der Waals surface area contributed by atoms with Crippen molar-refractivity contribution in [2.75, 3.05) is 31.6 Å². The first-order valence-electron chi connectivity index (χ1n) is 9.38. The van der Waals surface area contributed by atoms with Crippen LogP contribution in [0.15, 0.2) is 66.0 Å². The minimum Gasteiger partial charge on any atom is -0.379 e. The lowest BCUT2D eigenvalue weighted by Gasteiger charge is -2.26. The number of rotatable bonds is 6. The minimum atomic E-state index is -3.56. The quantitative estimate of drug-likeness (QED) is 0.665. The number of benzene rings is 1. The van der Waals surface area contributed by atoms with Gasteiger partial charge in [-0.05, 0) is 17.7 Å². The first-order valence-corrected chi connectivity index (χ1v) is 10.8. The molecule has 1 aliphatic heterocycles. The number of aryl methyl sites for hydroxylation is 1. The Morgan fingerprint density at radius 3 is 2.45 bits per heavy atom. The Hall–Kier alpha value is -2.75. The summed E-state index contributed by atoms with van der Waals surface area (Å²) in [6.07, 6.45) is 5.03. The van der Waals surface area contributed by atoms with Gasteiger partial charge in [0.05, 0.1) is 13.2 Å². The van der Waals surface area contributed by atoms with Crippen LogP contribution < -0.4 is 5.32 Å². The highest BCUT2D eigenvalue weighted by molar-refractivity contribution is 7.89. The molecule has 1 saturated heterocycles. The van der Waals surface area contributed by atoms with Gasteiger partial charge in [0.2, 0.25) is 10.0 Å². The van der Waals surface area contributed by atoms with Crippen LogP contribution in [0, 0.1) is 0 Å². The van der Waals surface area contributed by atoms with Crippen LogP contribution in [0.4, 0.5) is 5.82 Å². The maximum atomic E-state index is 12.8. The van der Waals surface area contributed by atoms with E-state index >= 15 is 0 Å². The molecule has 0 aliphatic carbocycles. The number of aromatic nitrogens is 3. The number of nitrogens with zero attached hydrogens (tertiary/aromatic N) is 4. The normalized spacial score (nSPS) is 16.4. The monoisotopic (exact) mass is 413 g/mol. The van der Waals surface area contributed by atoms with E-state index in [1.54, 1.807) is 18.3 Å². The van der Waals surface area contributed by atoms with E-state index in [-0.39, 0.29) is 10.9 Å². The summed E-state index contributed by atoms with van der Waals surface area (Å²) >= 11 is 0. The molecule has 1 unspecified atom stereocenters. The molecule has 0 bridgehead atoms. The van der Waals surface area contributed by atoms with Crippen LogP contribution in [0.3, 0.4) is 0 Å². The first-order chi connectivity index (χ1) is 14.1. The summed E-state index contributed by atoms with van der Waals surface area (Å²) in [5.74, 6) is 1.41. The van der Waals surface area contributed by atoms with Crippen LogP contribution in [0.2, 0.25) is 0 Å². The summed E-state index contributed by atoms with van der Waals surface area (Å²) in [6, 6.07) is 13.0. The summed E-state index contributed by atoms with van der Waals surface area (Å²) in [5.41, 5.74) is 1.04. The highest BCUT2D eigenvalue weighted by atomic mass is 32.2. The van der Waals surface area contributed by atoms with Gasteiger partial charge < -0.3 is 14.6 Å². The predicted molar refractivity (Wildman–Crippen MR) is 109 cm³/mol. The molecule has 0 saturated carbocycles. The van der Waals surface area contributed by atoms with Crippen molar-refractivity contribution in [2.24, 2.45) is 7.05 Å².